The van der Waals surface area contributed by atoms with E-state index in [0.717, 1.165) is 17.9 Å². The number of hydrogen-bond donors (Lipinski definition) is 0. The van der Waals surface area contributed by atoms with E-state index < -0.39 is 4.92 Å². The van der Waals surface area contributed by atoms with Crippen molar-refractivity contribution < 1.29 is 14.1 Å². The van der Waals surface area contributed by atoms with Crippen molar-refractivity contribution in [2.45, 2.75) is 12.6 Å². The molecule has 6 nitrogen and oxygen atoms in total. The van der Waals surface area contributed by atoms with Gasteiger partial charge in [-0.2, -0.15) is 0 Å². The molecule has 1 aliphatic heterocycles. The summed E-state index contributed by atoms with van der Waals surface area (Å²) in [6.07, 6.45) is 1.41. The van der Waals surface area contributed by atoms with Crippen molar-refractivity contribution in [2.24, 2.45) is 0 Å². The van der Waals surface area contributed by atoms with Crippen LogP contribution in [0.15, 0.2) is 34.9 Å². The molecule has 0 radical (unpaired) electrons. The van der Waals surface area contributed by atoms with Crippen LogP contribution in [0.3, 0.4) is 0 Å². The van der Waals surface area contributed by atoms with Crippen LogP contribution in [0.1, 0.15) is 17.4 Å². The molecule has 2 heterocycles. The van der Waals surface area contributed by atoms with Gasteiger partial charge in [-0.3, -0.25) is 15.0 Å². The zero-order chi connectivity index (χ0) is 15.0. The van der Waals surface area contributed by atoms with Crippen LogP contribution in [-0.2, 0) is 6.54 Å². The highest BCUT2D eigenvalue weighted by Gasteiger charge is 2.27. The molecule has 0 saturated carbocycles. The van der Waals surface area contributed by atoms with Crippen molar-refractivity contribution in [3.8, 4) is 5.75 Å². The van der Waals surface area contributed by atoms with Gasteiger partial charge in [-0.15, -0.1) is 0 Å². The van der Waals surface area contributed by atoms with Crippen LogP contribution in [0.4, 0.5) is 5.69 Å². The van der Waals surface area contributed by atoms with Crippen molar-refractivity contribution in [3.05, 3.63) is 57.0 Å². The fourth-order valence-corrected chi connectivity index (χ4v) is 2.61. The lowest BCUT2D eigenvalue weighted by molar-refractivity contribution is -0.384. The van der Waals surface area contributed by atoms with Crippen LogP contribution in [0.2, 0.25) is 5.02 Å². The summed E-state index contributed by atoms with van der Waals surface area (Å²) in [6, 6.07) is 6.32. The van der Waals surface area contributed by atoms with Gasteiger partial charge < -0.3 is 9.15 Å². The average Bonchev–Trinajstić information content (AvgIpc) is 2.88. The Labute approximate surface area is 126 Å². The minimum atomic E-state index is -0.522. The van der Waals surface area contributed by atoms with Crippen LogP contribution >= 0.6 is 11.6 Å². The minimum absolute atomic E-state index is 0.0945. The molecule has 0 aliphatic carbocycles. The lowest BCUT2D eigenvalue weighted by Crippen LogP contribution is -2.32. The Morgan fingerprint density at radius 1 is 1.48 bits per heavy atom. The number of ether oxygens (including phenoxy) is 1. The summed E-state index contributed by atoms with van der Waals surface area (Å²) in [6.45, 7) is 1.41. The lowest BCUT2D eigenvalue weighted by atomic mass is 10.1. The number of rotatable bonds is 3. The smallest absolute Gasteiger partial charge is 0.291 e. The zero-order valence-electron chi connectivity index (χ0n) is 11.3. The van der Waals surface area contributed by atoms with Gasteiger partial charge in [0, 0.05) is 12.1 Å². The van der Waals surface area contributed by atoms with E-state index in [1.54, 1.807) is 12.3 Å². The second-order valence-electron chi connectivity index (χ2n) is 4.97. The maximum Gasteiger partial charge on any atom is 0.291 e. The van der Waals surface area contributed by atoms with Gasteiger partial charge in [0.25, 0.3) is 5.69 Å². The number of nitrogens with zero attached hydrogens (tertiary/aromatic N) is 2. The predicted octanol–water partition coefficient (Wildman–Crippen LogP) is 3.41. The molecule has 0 saturated heterocycles. The molecule has 1 aromatic carbocycles. The van der Waals surface area contributed by atoms with Crippen molar-refractivity contribution in [2.75, 3.05) is 13.6 Å². The number of nitro groups is 1. The first-order valence-corrected chi connectivity index (χ1v) is 6.78. The number of likely N-dealkylation sites (N-methyl/N-ethyl adjacent to an activating group) is 1. The summed E-state index contributed by atoms with van der Waals surface area (Å²) in [7, 11) is 1.96. The summed E-state index contributed by atoms with van der Waals surface area (Å²) < 4.78 is 11.3. The van der Waals surface area contributed by atoms with Gasteiger partial charge in [0.2, 0.25) is 0 Å². The highest BCUT2D eigenvalue weighted by molar-refractivity contribution is 6.32. The first kappa shape index (κ1) is 13.9. The molecule has 110 valence electrons. The standard InChI is InChI=1S/C14H13ClN2O4/c1-16-7-13-10(4-5-20-13)14(8-16)21-9-2-3-11(15)12(6-9)17(18)19/h2-6,14H,7-8H2,1H3. The number of furan rings is 1. The molecule has 21 heavy (non-hydrogen) atoms. The number of hydrogen-bond acceptors (Lipinski definition) is 5. The van der Waals surface area contributed by atoms with Crippen LogP contribution in [0.5, 0.6) is 5.75 Å². The monoisotopic (exact) mass is 308 g/mol. The molecule has 1 atom stereocenters. The normalized spacial score (nSPS) is 18.3. The molecular weight excluding hydrogens is 296 g/mol. The van der Waals surface area contributed by atoms with Gasteiger partial charge in [-0.1, -0.05) is 11.6 Å². The Morgan fingerprint density at radius 3 is 3.05 bits per heavy atom. The number of benzene rings is 1. The van der Waals surface area contributed by atoms with Crippen LogP contribution in [-0.4, -0.2) is 23.4 Å². The molecule has 0 bridgehead atoms. The van der Waals surface area contributed by atoms with Crippen LogP contribution in [0, 0.1) is 10.1 Å². The second kappa shape index (κ2) is 5.38. The third-order valence-corrected chi connectivity index (χ3v) is 3.73. The van der Waals surface area contributed by atoms with Gasteiger partial charge in [-0.25, -0.2) is 0 Å². The highest BCUT2D eigenvalue weighted by atomic mass is 35.5. The number of halogens is 1. The molecule has 0 fully saturated rings. The molecule has 2 aromatic rings. The predicted molar refractivity (Wildman–Crippen MR) is 76.5 cm³/mol. The summed E-state index contributed by atoms with van der Waals surface area (Å²) >= 11 is 5.80. The molecule has 7 heteroatoms. The Hall–Kier alpha value is -2.05. The Kier molecular flexibility index (Phi) is 3.57. The largest absolute Gasteiger partial charge is 0.484 e. The summed E-state index contributed by atoms with van der Waals surface area (Å²) in [4.78, 5) is 12.5. The first-order chi connectivity index (χ1) is 10.0. The molecule has 0 spiro atoms. The van der Waals surface area contributed by atoms with E-state index in [9.17, 15) is 10.1 Å². The summed E-state index contributed by atoms with van der Waals surface area (Å²) in [5, 5.41) is 11.0. The third kappa shape index (κ3) is 2.72. The topological polar surface area (TPSA) is 68.8 Å². The van der Waals surface area contributed by atoms with E-state index >= 15 is 0 Å². The zero-order valence-corrected chi connectivity index (χ0v) is 12.0. The van der Waals surface area contributed by atoms with Gasteiger partial charge in [-0.05, 0) is 25.2 Å². The van der Waals surface area contributed by atoms with E-state index in [1.165, 1.54) is 12.1 Å². The Balaban J connectivity index is 1.88. The molecule has 1 aliphatic rings. The maximum absolute atomic E-state index is 10.9. The number of nitro benzene ring substituents is 1. The molecule has 1 unspecified atom stereocenters. The van der Waals surface area contributed by atoms with Gasteiger partial charge >= 0.3 is 0 Å². The SMILES string of the molecule is CN1Cc2occc2C(Oc2ccc(Cl)c([N+](=O)[O-])c2)C1. The fourth-order valence-electron chi connectivity index (χ4n) is 2.43. The van der Waals surface area contributed by atoms with Crippen molar-refractivity contribution in [1.82, 2.24) is 4.90 Å². The molecule has 0 amide bonds. The fraction of sp³-hybridized carbons (Fsp3) is 0.286. The first-order valence-electron chi connectivity index (χ1n) is 6.40. The van der Waals surface area contributed by atoms with E-state index in [0.29, 0.717) is 12.3 Å². The van der Waals surface area contributed by atoms with E-state index in [1.807, 2.05) is 13.1 Å². The maximum atomic E-state index is 10.9. The third-order valence-electron chi connectivity index (χ3n) is 3.41. The molecule has 0 N–H and O–H groups in total. The quantitative estimate of drug-likeness (QED) is 0.642. The summed E-state index contributed by atoms with van der Waals surface area (Å²) in [5.74, 6) is 1.27. The van der Waals surface area contributed by atoms with Gasteiger partial charge in [0.1, 0.15) is 22.6 Å². The molecular formula is C14H13ClN2O4. The minimum Gasteiger partial charge on any atom is -0.484 e. The van der Waals surface area contributed by atoms with E-state index in [4.69, 9.17) is 20.8 Å². The van der Waals surface area contributed by atoms with Crippen molar-refractivity contribution in [1.29, 1.82) is 0 Å². The van der Waals surface area contributed by atoms with Gasteiger partial charge in [0.05, 0.1) is 23.8 Å². The van der Waals surface area contributed by atoms with E-state index in [-0.39, 0.29) is 16.8 Å². The van der Waals surface area contributed by atoms with E-state index in [2.05, 4.69) is 4.90 Å². The van der Waals surface area contributed by atoms with Crippen molar-refractivity contribution in [3.63, 3.8) is 0 Å². The van der Waals surface area contributed by atoms with Gasteiger partial charge in [0.15, 0.2) is 0 Å². The molecule has 3 rings (SSSR count). The lowest BCUT2D eigenvalue weighted by Gasteiger charge is -2.29. The Morgan fingerprint density at radius 2 is 2.29 bits per heavy atom. The van der Waals surface area contributed by atoms with Crippen LogP contribution < -0.4 is 4.74 Å². The highest BCUT2D eigenvalue weighted by Crippen LogP contribution is 2.34. The molecule has 1 aromatic heterocycles. The average molecular weight is 309 g/mol. The van der Waals surface area contributed by atoms with Crippen LogP contribution in [0.25, 0.3) is 0 Å². The van der Waals surface area contributed by atoms with Crippen molar-refractivity contribution >= 4 is 17.3 Å². The summed E-state index contributed by atoms with van der Waals surface area (Å²) in [5.41, 5.74) is 0.816. The number of fused-ring (bicyclic) bond motifs is 1. The Bertz CT molecular complexity index is 685. The second-order valence-corrected chi connectivity index (χ2v) is 5.38.